The minimum absolute atomic E-state index is 0.0761. The van der Waals surface area contributed by atoms with E-state index >= 15 is 0 Å². The molecule has 1 amide bonds. The first-order valence-electron chi connectivity index (χ1n) is 10.3. The van der Waals surface area contributed by atoms with Crippen LogP contribution < -0.4 is 0 Å². The number of imidazole rings is 1. The molecule has 1 aromatic heterocycles. The van der Waals surface area contributed by atoms with Crippen LogP contribution in [-0.4, -0.2) is 43.8 Å². The van der Waals surface area contributed by atoms with Crippen molar-refractivity contribution in [3.05, 3.63) is 101 Å². The van der Waals surface area contributed by atoms with Crippen LogP contribution in [0.2, 0.25) is 5.02 Å². The minimum atomic E-state index is -0.692. The van der Waals surface area contributed by atoms with Crippen LogP contribution in [0.4, 0.5) is 0 Å². The molecule has 0 bridgehead atoms. The summed E-state index contributed by atoms with van der Waals surface area (Å²) in [4.78, 5) is 31.3. The Kier molecular flexibility index (Phi) is 6.52. The molecule has 0 aliphatic carbocycles. The molecular formula is C25H22ClN3O3. The molecule has 32 heavy (non-hydrogen) atoms. The van der Waals surface area contributed by atoms with Gasteiger partial charge in [0.05, 0.1) is 17.9 Å². The van der Waals surface area contributed by atoms with Gasteiger partial charge in [0.15, 0.2) is 0 Å². The summed E-state index contributed by atoms with van der Waals surface area (Å²) in [6.07, 6.45) is 9.54. The van der Waals surface area contributed by atoms with Crippen LogP contribution in [0.1, 0.15) is 17.5 Å². The predicted octanol–water partition coefficient (Wildman–Crippen LogP) is 4.39. The Bertz CT molecular complexity index is 1150. The van der Waals surface area contributed by atoms with E-state index in [2.05, 4.69) is 4.98 Å². The van der Waals surface area contributed by atoms with Crippen molar-refractivity contribution in [3.63, 3.8) is 0 Å². The van der Waals surface area contributed by atoms with Gasteiger partial charge in [-0.25, -0.2) is 4.98 Å². The van der Waals surface area contributed by atoms with Crippen LogP contribution in [0.5, 0.6) is 0 Å². The molecule has 1 aliphatic heterocycles. The van der Waals surface area contributed by atoms with E-state index in [-0.39, 0.29) is 11.3 Å². The van der Waals surface area contributed by atoms with Crippen LogP contribution in [0.15, 0.2) is 85.0 Å². The summed E-state index contributed by atoms with van der Waals surface area (Å²) in [5.41, 5.74) is 1.44. The number of aromatic nitrogens is 2. The van der Waals surface area contributed by atoms with Crippen molar-refractivity contribution in [3.8, 4) is 0 Å². The lowest BCUT2D eigenvalue weighted by atomic mass is 10.00. The first-order chi connectivity index (χ1) is 15.5. The van der Waals surface area contributed by atoms with E-state index in [0.717, 1.165) is 5.56 Å². The molecule has 0 unspecified atom stereocenters. The number of hydrogen-bond donors (Lipinski definition) is 1. The Morgan fingerprint density at radius 3 is 2.50 bits per heavy atom. The average molecular weight is 448 g/mol. The van der Waals surface area contributed by atoms with Crippen molar-refractivity contribution in [2.45, 2.75) is 19.0 Å². The molecule has 0 spiro atoms. The van der Waals surface area contributed by atoms with Crippen molar-refractivity contribution in [1.82, 2.24) is 14.5 Å². The van der Waals surface area contributed by atoms with Gasteiger partial charge >= 0.3 is 0 Å². The summed E-state index contributed by atoms with van der Waals surface area (Å²) < 4.78 is 1.92. The Morgan fingerprint density at radius 1 is 1.06 bits per heavy atom. The van der Waals surface area contributed by atoms with Crippen LogP contribution >= 0.6 is 11.6 Å². The first kappa shape index (κ1) is 21.6. The van der Waals surface area contributed by atoms with Crippen LogP contribution in [0.25, 0.3) is 11.8 Å². The maximum Gasteiger partial charge on any atom is 0.295 e. The zero-order valence-corrected chi connectivity index (χ0v) is 18.0. The van der Waals surface area contributed by atoms with Gasteiger partial charge in [0.2, 0.25) is 0 Å². The minimum Gasteiger partial charge on any atom is -0.507 e. The van der Waals surface area contributed by atoms with Crippen molar-refractivity contribution >= 4 is 35.1 Å². The van der Waals surface area contributed by atoms with Crippen molar-refractivity contribution in [2.75, 3.05) is 6.54 Å². The van der Waals surface area contributed by atoms with E-state index in [1.165, 1.54) is 4.90 Å². The van der Waals surface area contributed by atoms with Gasteiger partial charge in [0, 0.05) is 36.1 Å². The molecule has 1 N–H and O–H groups in total. The van der Waals surface area contributed by atoms with E-state index in [1.807, 2.05) is 47.2 Å². The molecule has 3 aromatic rings. The number of Topliss-reactive ketones (excluding diaryl/α,β-unsaturated/α-hetero) is 1. The number of amides is 1. The van der Waals surface area contributed by atoms with Gasteiger partial charge in [-0.15, -0.1) is 0 Å². The second-order valence-electron chi connectivity index (χ2n) is 7.47. The highest BCUT2D eigenvalue weighted by Crippen LogP contribution is 2.30. The Morgan fingerprint density at radius 2 is 1.81 bits per heavy atom. The number of halogens is 1. The lowest BCUT2D eigenvalue weighted by Crippen LogP contribution is -2.34. The number of ketones is 1. The smallest absolute Gasteiger partial charge is 0.295 e. The molecule has 0 radical (unpaired) electrons. The molecule has 1 fully saturated rings. The summed E-state index contributed by atoms with van der Waals surface area (Å²) in [7, 11) is 0. The molecule has 0 saturated carbocycles. The third kappa shape index (κ3) is 4.65. The number of benzene rings is 2. The molecular weight excluding hydrogens is 426 g/mol. The fraction of sp³-hybridized carbons (Fsp3) is 0.160. The number of aliphatic hydroxyl groups excluding tert-OH is 1. The zero-order valence-electron chi connectivity index (χ0n) is 17.3. The first-order valence-corrected chi connectivity index (χ1v) is 10.7. The molecule has 6 nitrogen and oxygen atoms in total. The Balaban J connectivity index is 1.67. The van der Waals surface area contributed by atoms with Crippen LogP contribution in [0.3, 0.4) is 0 Å². The summed E-state index contributed by atoms with van der Waals surface area (Å²) in [6.45, 7) is 1.03. The quantitative estimate of drug-likeness (QED) is 0.331. The van der Waals surface area contributed by atoms with E-state index in [0.29, 0.717) is 30.1 Å². The molecule has 1 atom stereocenters. The van der Waals surface area contributed by atoms with E-state index in [4.69, 9.17) is 11.6 Å². The maximum atomic E-state index is 12.9. The van der Waals surface area contributed by atoms with Gasteiger partial charge in [-0.3, -0.25) is 9.59 Å². The second kappa shape index (κ2) is 9.66. The molecule has 4 rings (SSSR count). The van der Waals surface area contributed by atoms with Crippen LogP contribution in [-0.2, 0) is 16.1 Å². The monoisotopic (exact) mass is 447 g/mol. The van der Waals surface area contributed by atoms with Crippen molar-refractivity contribution < 1.29 is 14.7 Å². The molecule has 2 heterocycles. The summed E-state index contributed by atoms with van der Waals surface area (Å²) in [6, 6.07) is 15.4. The third-order valence-corrected chi connectivity index (χ3v) is 5.60. The lowest BCUT2D eigenvalue weighted by Gasteiger charge is -2.22. The van der Waals surface area contributed by atoms with Crippen molar-refractivity contribution in [2.24, 2.45) is 0 Å². The standard InChI is InChI=1S/C25H22ClN3O3/c26-20-10-8-19(9-11-20)23(30)22-21(12-7-18-5-2-1-3-6-18)29(25(32)24(22)31)15-4-14-28-16-13-27-17-28/h1-3,5-13,16-17,21,30H,4,14-15H2/b12-7+,23-22?/t21-/m1/s1. The summed E-state index contributed by atoms with van der Waals surface area (Å²) in [5, 5.41) is 11.5. The molecule has 7 heteroatoms. The van der Waals surface area contributed by atoms with E-state index in [1.54, 1.807) is 42.9 Å². The number of carbonyl (C=O) groups excluding carboxylic acids is 2. The number of likely N-dealkylation sites (tertiary alicyclic amines) is 1. The second-order valence-corrected chi connectivity index (χ2v) is 7.90. The highest BCUT2D eigenvalue weighted by Gasteiger charge is 2.43. The topological polar surface area (TPSA) is 75.4 Å². The molecule has 1 saturated heterocycles. The van der Waals surface area contributed by atoms with Gasteiger partial charge < -0.3 is 14.6 Å². The van der Waals surface area contributed by atoms with Gasteiger partial charge in [0.1, 0.15) is 5.76 Å². The fourth-order valence-electron chi connectivity index (χ4n) is 3.72. The largest absolute Gasteiger partial charge is 0.507 e. The Hall–Kier alpha value is -3.64. The number of rotatable bonds is 7. The number of aliphatic hydroxyl groups is 1. The van der Waals surface area contributed by atoms with Gasteiger partial charge in [-0.05, 0) is 36.2 Å². The normalized spacial score (nSPS) is 18.0. The fourth-order valence-corrected chi connectivity index (χ4v) is 3.85. The number of carbonyl (C=O) groups is 2. The zero-order chi connectivity index (χ0) is 22.5. The summed E-state index contributed by atoms with van der Waals surface area (Å²) in [5.74, 6) is -1.52. The van der Waals surface area contributed by atoms with E-state index < -0.39 is 17.7 Å². The molecule has 1 aliphatic rings. The number of nitrogens with zero attached hydrogens (tertiary/aromatic N) is 3. The number of hydrogen-bond acceptors (Lipinski definition) is 4. The van der Waals surface area contributed by atoms with Gasteiger partial charge in [-0.2, -0.15) is 0 Å². The van der Waals surface area contributed by atoms with Crippen molar-refractivity contribution in [1.29, 1.82) is 0 Å². The average Bonchev–Trinajstić information content (AvgIpc) is 3.41. The number of aryl methyl sites for hydroxylation is 1. The molecule has 2 aromatic carbocycles. The van der Waals surface area contributed by atoms with Gasteiger partial charge in [-0.1, -0.05) is 54.1 Å². The van der Waals surface area contributed by atoms with E-state index in [9.17, 15) is 14.7 Å². The highest BCUT2D eigenvalue weighted by atomic mass is 35.5. The lowest BCUT2D eigenvalue weighted by molar-refractivity contribution is -0.139. The summed E-state index contributed by atoms with van der Waals surface area (Å²) >= 11 is 5.95. The SMILES string of the molecule is O=C1C(=O)N(CCCn2ccnc2)[C@H](/C=C/c2ccccc2)C1=C(O)c1ccc(Cl)cc1. The van der Waals surface area contributed by atoms with Crippen LogP contribution in [0, 0.1) is 0 Å². The highest BCUT2D eigenvalue weighted by molar-refractivity contribution is 6.47. The van der Waals surface area contributed by atoms with Gasteiger partial charge in [0.25, 0.3) is 11.7 Å². The third-order valence-electron chi connectivity index (χ3n) is 5.35. The Labute approximate surface area is 191 Å². The molecule has 162 valence electrons. The maximum absolute atomic E-state index is 12.9. The predicted molar refractivity (Wildman–Crippen MR) is 124 cm³/mol.